The number of hydrogen-bond donors (Lipinski definition) is 1. The monoisotopic (exact) mass is 395 g/mol. The van der Waals surface area contributed by atoms with Crippen molar-refractivity contribution < 1.29 is 9.59 Å². The molecule has 2 aromatic carbocycles. The second-order valence-electron chi connectivity index (χ2n) is 7.05. The Morgan fingerprint density at radius 3 is 2.71 bits per heavy atom. The first-order valence-corrected chi connectivity index (χ1v) is 10.2. The molecule has 0 saturated carbocycles. The molecule has 3 aromatic rings. The van der Waals surface area contributed by atoms with Crippen LogP contribution in [0.2, 0.25) is 0 Å². The summed E-state index contributed by atoms with van der Waals surface area (Å²) >= 11 is 1.67. The van der Waals surface area contributed by atoms with E-state index in [1.54, 1.807) is 18.4 Å². The summed E-state index contributed by atoms with van der Waals surface area (Å²) in [6.45, 7) is 3.98. The van der Waals surface area contributed by atoms with Crippen LogP contribution in [0, 0.1) is 13.8 Å². The molecule has 0 aliphatic rings. The summed E-state index contributed by atoms with van der Waals surface area (Å²) in [6.07, 6.45) is 1.90. The molecular weight excluding hydrogens is 370 g/mol. The third-order valence-corrected chi connectivity index (χ3v) is 5.69. The van der Waals surface area contributed by atoms with Crippen LogP contribution in [-0.4, -0.2) is 35.3 Å². The number of amides is 2. The highest BCUT2D eigenvalue weighted by Crippen LogP contribution is 2.22. The zero-order chi connectivity index (χ0) is 20.1. The molecule has 3 rings (SSSR count). The van der Waals surface area contributed by atoms with Gasteiger partial charge in [0.25, 0.3) is 0 Å². The number of thiazole rings is 1. The Labute approximate surface area is 169 Å². The number of aromatic nitrogens is 1. The SMILES string of the molecule is Cc1ccc(C)c(NC(=O)CN(C)C(=O)CCCc2nc3ccccc3s2)c1. The van der Waals surface area contributed by atoms with E-state index in [0.717, 1.165) is 40.2 Å². The first kappa shape index (κ1) is 20.0. The number of aryl methyl sites for hydroxylation is 3. The fourth-order valence-corrected chi connectivity index (χ4v) is 3.98. The summed E-state index contributed by atoms with van der Waals surface area (Å²) in [5.74, 6) is -0.215. The van der Waals surface area contributed by atoms with E-state index in [1.807, 2.05) is 50.2 Å². The highest BCUT2D eigenvalue weighted by molar-refractivity contribution is 7.18. The third kappa shape index (κ3) is 5.16. The smallest absolute Gasteiger partial charge is 0.243 e. The van der Waals surface area contributed by atoms with Crippen LogP contribution in [0.15, 0.2) is 42.5 Å². The lowest BCUT2D eigenvalue weighted by atomic mass is 10.1. The van der Waals surface area contributed by atoms with Crippen LogP contribution in [0.1, 0.15) is 29.0 Å². The Morgan fingerprint density at radius 2 is 1.93 bits per heavy atom. The fourth-order valence-electron chi connectivity index (χ4n) is 2.97. The molecule has 0 radical (unpaired) electrons. The molecule has 1 aromatic heterocycles. The van der Waals surface area contributed by atoms with E-state index < -0.39 is 0 Å². The van der Waals surface area contributed by atoms with Crippen molar-refractivity contribution in [1.82, 2.24) is 9.88 Å². The van der Waals surface area contributed by atoms with Crippen LogP contribution in [0.3, 0.4) is 0 Å². The summed E-state index contributed by atoms with van der Waals surface area (Å²) in [7, 11) is 1.67. The van der Waals surface area contributed by atoms with Gasteiger partial charge in [0.15, 0.2) is 0 Å². The molecule has 0 saturated heterocycles. The molecule has 0 fully saturated rings. The van der Waals surface area contributed by atoms with Gasteiger partial charge in [0, 0.05) is 19.2 Å². The van der Waals surface area contributed by atoms with Crippen molar-refractivity contribution in [1.29, 1.82) is 0 Å². The maximum atomic E-state index is 12.3. The molecule has 0 aliphatic heterocycles. The van der Waals surface area contributed by atoms with Crippen molar-refractivity contribution in [2.45, 2.75) is 33.1 Å². The van der Waals surface area contributed by atoms with Crippen LogP contribution in [0.4, 0.5) is 5.69 Å². The largest absolute Gasteiger partial charge is 0.336 e. The molecular formula is C22H25N3O2S. The van der Waals surface area contributed by atoms with Crippen molar-refractivity contribution in [2.24, 2.45) is 0 Å². The lowest BCUT2D eigenvalue weighted by Gasteiger charge is -2.17. The van der Waals surface area contributed by atoms with Crippen molar-refractivity contribution >= 4 is 39.1 Å². The molecule has 1 N–H and O–H groups in total. The quantitative estimate of drug-likeness (QED) is 0.648. The van der Waals surface area contributed by atoms with Gasteiger partial charge in [0.05, 0.1) is 21.8 Å². The number of nitrogens with one attached hydrogen (secondary N) is 1. The van der Waals surface area contributed by atoms with Gasteiger partial charge < -0.3 is 10.2 Å². The molecule has 0 spiro atoms. The number of likely N-dealkylation sites (N-methyl/N-ethyl adjacent to an activating group) is 1. The fraction of sp³-hybridized carbons (Fsp3) is 0.318. The number of anilines is 1. The van der Waals surface area contributed by atoms with Gasteiger partial charge in [0.1, 0.15) is 0 Å². The molecule has 1 heterocycles. The molecule has 28 heavy (non-hydrogen) atoms. The van der Waals surface area contributed by atoms with E-state index in [4.69, 9.17) is 0 Å². The third-order valence-electron chi connectivity index (χ3n) is 4.59. The molecule has 0 unspecified atom stereocenters. The maximum Gasteiger partial charge on any atom is 0.243 e. The summed E-state index contributed by atoms with van der Waals surface area (Å²) in [5.41, 5.74) is 3.89. The van der Waals surface area contributed by atoms with Gasteiger partial charge in [-0.3, -0.25) is 9.59 Å². The molecule has 0 aliphatic carbocycles. The highest BCUT2D eigenvalue weighted by Gasteiger charge is 2.14. The van der Waals surface area contributed by atoms with E-state index in [1.165, 1.54) is 9.60 Å². The van der Waals surface area contributed by atoms with Gasteiger partial charge in [-0.2, -0.15) is 0 Å². The number of benzene rings is 2. The Hall–Kier alpha value is -2.73. The first-order valence-electron chi connectivity index (χ1n) is 9.38. The van der Waals surface area contributed by atoms with E-state index >= 15 is 0 Å². The van der Waals surface area contributed by atoms with E-state index in [9.17, 15) is 9.59 Å². The van der Waals surface area contributed by atoms with Crippen molar-refractivity contribution in [3.05, 3.63) is 58.6 Å². The van der Waals surface area contributed by atoms with Gasteiger partial charge in [-0.1, -0.05) is 24.3 Å². The van der Waals surface area contributed by atoms with E-state index in [-0.39, 0.29) is 18.4 Å². The second kappa shape index (κ2) is 8.97. The lowest BCUT2D eigenvalue weighted by Crippen LogP contribution is -2.35. The second-order valence-corrected chi connectivity index (χ2v) is 8.16. The minimum Gasteiger partial charge on any atom is -0.336 e. The van der Waals surface area contributed by atoms with Gasteiger partial charge in [-0.05, 0) is 56.0 Å². The van der Waals surface area contributed by atoms with Gasteiger partial charge >= 0.3 is 0 Å². The molecule has 6 heteroatoms. The van der Waals surface area contributed by atoms with Crippen LogP contribution in [0.5, 0.6) is 0 Å². The first-order chi connectivity index (χ1) is 13.4. The average molecular weight is 396 g/mol. The molecule has 0 bridgehead atoms. The minimum atomic E-state index is -0.185. The minimum absolute atomic E-state index is 0.0303. The Bertz CT molecular complexity index is 963. The van der Waals surface area contributed by atoms with Gasteiger partial charge in [-0.15, -0.1) is 11.3 Å². The Balaban J connectivity index is 1.46. The average Bonchev–Trinajstić information content (AvgIpc) is 3.07. The number of rotatable bonds is 7. The van der Waals surface area contributed by atoms with E-state index in [0.29, 0.717) is 6.42 Å². The Morgan fingerprint density at radius 1 is 1.14 bits per heavy atom. The van der Waals surface area contributed by atoms with Gasteiger partial charge in [-0.25, -0.2) is 4.98 Å². The molecule has 146 valence electrons. The van der Waals surface area contributed by atoms with Crippen molar-refractivity contribution in [2.75, 3.05) is 18.9 Å². The van der Waals surface area contributed by atoms with Crippen LogP contribution in [0.25, 0.3) is 10.2 Å². The summed E-state index contributed by atoms with van der Waals surface area (Å²) in [6, 6.07) is 14.0. The number of hydrogen-bond acceptors (Lipinski definition) is 4. The van der Waals surface area contributed by atoms with Crippen LogP contribution >= 0.6 is 11.3 Å². The highest BCUT2D eigenvalue weighted by atomic mass is 32.1. The predicted octanol–water partition coefficient (Wildman–Crippen LogP) is 4.33. The standard InChI is InChI=1S/C22H25N3O2S/c1-15-11-12-16(2)18(13-15)23-20(26)14-25(3)22(27)10-6-9-21-24-17-7-4-5-8-19(17)28-21/h4-5,7-8,11-13H,6,9-10,14H2,1-3H3,(H,23,26). The lowest BCUT2D eigenvalue weighted by molar-refractivity contribution is -0.133. The predicted molar refractivity (Wildman–Crippen MR) is 115 cm³/mol. The van der Waals surface area contributed by atoms with Gasteiger partial charge in [0.2, 0.25) is 11.8 Å². The van der Waals surface area contributed by atoms with Crippen LogP contribution < -0.4 is 5.32 Å². The number of fused-ring (bicyclic) bond motifs is 1. The summed E-state index contributed by atoms with van der Waals surface area (Å²) < 4.78 is 1.17. The van der Waals surface area contributed by atoms with E-state index in [2.05, 4.69) is 16.4 Å². The number of para-hydroxylation sites is 1. The number of carbonyl (C=O) groups is 2. The zero-order valence-corrected chi connectivity index (χ0v) is 17.3. The maximum absolute atomic E-state index is 12.3. The molecule has 5 nitrogen and oxygen atoms in total. The molecule has 2 amide bonds. The normalized spacial score (nSPS) is 10.8. The topological polar surface area (TPSA) is 62.3 Å². The summed E-state index contributed by atoms with van der Waals surface area (Å²) in [5, 5.41) is 3.94. The van der Waals surface area contributed by atoms with Crippen molar-refractivity contribution in [3.63, 3.8) is 0 Å². The van der Waals surface area contributed by atoms with Crippen LogP contribution in [-0.2, 0) is 16.0 Å². The number of carbonyl (C=O) groups excluding carboxylic acids is 2. The Kier molecular flexibility index (Phi) is 6.41. The van der Waals surface area contributed by atoms with Crippen molar-refractivity contribution in [3.8, 4) is 0 Å². The zero-order valence-electron chi connectivity index (χ0n) is 16.5. The molecule has 0 atom stereocenters. The summed E-state index contributed by atoms with van der Waals surface area (Å²) in [4.78, 5) is 30.7. The number of nitrogens with zero attached hydrogens (tertiary/aromatic N) is 2.